The van der Waals surface area contributed by atoms with Gasteiger partial charge in [-0.25, -0.2) is 17.5 Å². The normalized spacial score (nSPS) is 27.7. The number of nitrogens with zero attached hydrogens (tertiary/aromatic N) is 3. The van der Waals surface area contributed by atoms with E-state index < -0.39 is 10.0 Å². The van der Waals surface area contributed by atoms with Crippen LogP contribution in [0.2, 0.25) is 0 Å². The average Bonchev–Trinajstić information content (AvgIpc) is 3.30. The van der Waals surface area contributed by atoms with Gasteiger partial charge in [-0.05, 0) is 25.2 Å². The van der Waals surface area contributed by atoms with Crippen molar-refractivity contribution in [2.75, 3.05) is 58.7 Å². The first-order valence-corrected chi connectivity index (χ1v) is 11.1. The monoisotopic (exact) mass is 388 g/mol. The van der Waals surface area contributed by atoms with E-state index in [1.165, 1.54) is 10.6 Å². The Morgan fingerprint density at radius 3 is 2.35 bits per heavy atom. The van der Waals surface area contributed by atoms with Gasteiger partial charge in [-0.3, -0.25) is 4.79 Å². The first-order valence-electron chi connectivity index (χ1n) is 9.23. The first kappa shape index (κ1) is 19.4. The third-order valence-electron chi connectivity index (χ3n) is 5.34. The smallest absolute Gasteiger partial charge is 0.317 e. The molecule has 0 aliphatic carbocycles. The van der Waals surface area contributed by atoms with Crippen LogP contribution < -0.4 is 5.32 Å². The minimum absolute atomic E-state index is 0.0365. The van der Waals surface area contributed by atoms with E-state index in [-0.39, 0.29) is 24.0 Å². The Hall–Kier alpha value is -1.39. The topological polar surface area (TPSA) is 99.3 Å². The van der Waals surface area contributed by atoms with Crippen LogP contribution in [-0.4, -0.2) is 99.2 Å². The van der Waals surface area contributed by atoms with Gasteiger partial charge in [-0.15, -0.1) is 0 Å². The fourth-order valence-electron chi connectivity index (χ4n) is 3.71. The lowest BCUT2D eigenvalue weighted by Gasteiger charge is -2.35. The first-order chi connectivity index (χ1) is 12.3. The number of nitrogens with one attached hydrogen (secondary N) is 1. The number of ether oxygens (including phenoxy) is 1. The molecule has 3 aliphatic rings. The molecular formula is C16H28N4O5S. The number of urea groups is 1. The summed E-state index contributed by atoms with van der Waals surface area (Å²) in [7, 11) is -3.15. The molecule has 26 heavy (non-hydrogen) atoms. The molecule has 0 aromatic heterocycles. The van der Waals surface area contributed by atoms with Gasteiger partial charge < -0.3 is 19.9 Å². The van der Waals surface area contributed by atoms with E-state index in [1.54, 1.807) is 9.80 Å². The fraction of sp³-hybridized carbons (Fsp3) is 0.875. The maximum atomic E-state index is 12.3. The predicted molar refractivity (Wildman–Crippen MR) is 95.0 cm³/mol. The van der Waals surface area contributed by atoms with Crippen LogP contribution in [0.15, 0.2) is 0 Å². The molecule has 3 saturated heterocycles. The third-order valence-corrected chi connectivity index (χ3v) is 6.61. The van der Waals surface area contributed by atoms with Crippen molar-refractivity contribution in [1.29, 1.82) is 0 Å². The van der Waals surface area contributed by atoms with Gasteiger partial charge in [0.25, 0.3) is 5.91 Å². The van der Waals surface area contributed by atoms with E-state index in [0.29, 0.717) is 52.4 Å². The Balaban J connectivity index is 1.38. The molecule has 1 N–H and O–H groups in total. The maximum absolute atomic E-state index is 12.3. The maximum Gasteiger partial charge on any atom is 0.317 e. The predicted octanol–water partition coefficient (Wildman–Crippen LogP) is -0.699. The molecule has 0 spiro atoms. The van der Waals surface area contributed by atoms with E-state index in [4.69, 9.17) is 4.74 Å². The minimum atomic E-state index is -3.15. The highest BCUT2D eigenvalue weighted by molar-refractivity contribution is 7.88. The summed E-state index contributed by atoms with van der Waals surface area (Å²) >= 11 is 0. The molecule has 148 valence electrons. The summed E-state index contributed by atoms with van der Waals surface area (Å²) < 4.78 is 30.0. The Kier molecular flexibility index (Phi) is 6.03. The number of carbonyl (C=O) groups excluding carboxylic acids is 2. The number of carbonyl (C=O) groups is 2. The van der Waals surface area contributed by atoms with Crippen LogP contribution in [0.4, 0.5) is 4.79 Å². The van der Waals surface area contributed by atoms with Crippen LogP contribution in [0.5, 0.6) is 0 Å². The second-order valence-electron chi connectivity index (χ2n) is 7.28. The molecule has 9 nitrogen and oxygen atoms in total. The SMILES string of the molecule is CS(=O)(=O)N1CCC(CNC(=O)N2CCN(C(=O)C3CCCO3)CC2)C1. The molecule has 3 heterocycles. The fourth-order valence-corrected chi connectivity index (χ4v) is 4.63. The van der Waals surface area contributed by atoms with Crippen LogP contribution >= 0.6 is 0 Å². The van der Waals surface area contributed by atoms with Gasteiger partial charge in [0, 0.05) is 52.4 Å². The van der Waals surface area contributed by atoms with Gasteiger partial charge in [0.1, 0.15) is 6.10 Å². The highest BCUT2D eigenvalue weighted by atomic mass is 32.2. The lowest BCUT2D eigenvalue weighted by Crippen LogP contribution is -2.55. The molecule has 0 bridgehead atoms. The standard InChI is InChI=1S/C16H28N4O5S/c1-26(23,24)20-5-4-13(12-20)11-17-16(22)19-8-6-18(7-9-19)15(21)14-3-2-10-25-14/h13-14H,2-12H2,1H3,(H,17,22). The summed E-state index contributed by atoms with van der Waals surface area (Å²) in [6.07, 6.45) is 3.38. The van der Waals surface area contributed by atoms with Crippen LogP contribution in [0.25, 0.3) is 0 Å². The molecule has 0 aromatic rings. The van der Waals surface area contributed by atoms with Gasteiger partial charge in [0.2, 0.25) is 10.0 Å². The van der Waals surface area contributed by atoms with E-state index in [0.717, 1.165) is 19.3 Å². The van der Waals surface area contributed by atoms with E-state index >= 15 is 0 Å². The summed E-state index contributed by atoms with van der Waals surface area (Å²) in [6, 6.07) is -0.146. The third kappa shape index (κ3) is 4.66. The highest BCUT2D eigenvalue weighted by Crippen LogP contribution is 2.18. The second kappa shape index (κ2) is 8.10. The van der Waals surface area contributed by atoms with Crippen LogP contribution in [-0.2, 0) is 19.6 Å². The molecular weight excluding hydrogens is 360 g/mol. The van der Waals surface area contributed by atoms with Crippen LogP contribution in [0, 0.1) is 5.92 Å². The Labute approximate surface area is 154 Å². The lowest BCUT2D eigenvalue weighted by molar-refractivity contribution is -0.142. The van der Waals surface area contributed by atoms with Crippen molar-refractivity contribution in [2.45, 2.75) is 25.4 Å². The summed E-state index contributed by atoms with van der Waals surface area (Å²) in [5.74, 6) is 0.186. The summed E-state index contributed by atoms with van der Waals surface area (Å²) in [5.41, 5.74) is 0. The van der Waals surface area contributed by atoms with Gasteiger partial charge >= 0.3 is 6.03 Å². The van der Waals surface area contributed by atoms with Crippen LogP contribution in [0.1, 0.15) is 19.3 Å². The molecule has 2 atom stereocenters. The summed E-state index contributed by atoms with van der Waals surface area (Å²) in [5, 5.41) is 2.90. The van der Waals surface area contributed by atoms with Gasteiger partial charge in [0.15, 0.2) is 0 Å². The van der Waals surface area contributed by atoms with Crippen molar-refractivity contribution < 1.29 is 22.7 Å². The number of piperazine rings is 1. The molecule has 3 aliphatic heterocycles. The molecule has 3 amide bonds. The number of sulfonamides is 1. The molecule has 0 saturated carbocycles. The largest absolute Gasteiger partial charge is 0.368 e. The molecule has 0 aromatic carbocycles. The van der Waals surface area contributed by atoms with Crippen LogP contribution in [0.3, 0.4) is 0 Å². The number of rotatable bonds is 4. The molecule has 3 fully saturated rings. The number of hydrogen-bond donors (Lipinski definition) is 1. The Bertz CT molecular complexity index is 627. The van der Waals surface area contributed by atoms with Crippen molar-refractivity contribution in [1.82, 2.24) is 19.4 Å². The van der Waals surface area contributed by atoms with Gasteiger partial charge in [0.05, 0.1) is 6.26 Å². The van der Waals surface area contributed by atoms with Gasteiger partial charge in [-0.1, -0.05) is 0 Å². The van der Waals surface area contributed by atoms with Crippen molar-refractivity contribution in [3.63, 3.8) is 0 Å². The molecule has 2 unspecified atom stereocenters. The number of hydrogen-bond acceptors (Lipinski definition) is 5. The Morgan fingerprint density at radius 1 is 1.08 bits per heavy atom. The van der Waals surface area contributed by atoms with Crippen molar-refractivity contribution >= 4 is 22.0 Å². The quantitative estimate of drug-likeness (QED) is 0.687. The zero-order chi connectivity index (χ0) is 18.7. The van der Waals surface area contributed by atoms with Crippen molar-refractivity contribution in [3.05, 3.63) is 0 Å². The zero-order valence-corrected chi connectivity index (χ0v) is 16.0. The minimum Gasteiger partial charge on any atom is -0.368 e. The molecule has 10 heteroatoms. The lowest BCUT2D eigenvalue weighted by atomic mass is 10.1. The molecule has 3 rings (SSSR count). The van der Waals surface area contributed by atoms with Crippen molar-refractivity contribution in [2.24, 2.45) is 5.92 Å². The number of amides is 3. The van der Waals surface area contributed by atoms with E-state index in [1.807, 2.05) is 0 Å². The Morgan fingerprint density at radius 2 is 1.77 bits per heavy atom. The summed E-state index contributed by atoms with van der Waals surface area (Å²) in [6.45, 7) is 4.16. The molecule has 0 radical (unpaired) electrons. The van der Waals surface area contributed by atoms with E-state index in [9.17, 15) is 18.0 Å². The van der Waals surface area contributed by atoms with Gasteiger partial charge in [-0.2, -0.15) is 0 Å². The van der Waals surface area contributed by atoms with Crippen molar-refractivity contribution in [3.8, 4) is 0 Å². The summed E-state index contributed by atoms with van der Waals surface area (Å²) in [4.78, 5) is 28.1. The second-order valence-corrected chi connectivity index (χ2v) is 9.26. The highest BCUT2D eigenvalue weighted by Gasteiger charge is 2.32. The zero-order valence-electron chi connectivity index (χ0n) is 15.2. The average molecular weight is 388 g/mol. The van der Waals surface area contributed by atoms with E-state index in [2.05, 4.69) is 5.32 Å².